The van der Waals surface area contributed by atoms with Crippen molar-refractivity contribution >= 4 is 17.7 Å². The molecule has 0 atom stereocenters. The van der Waals surface area contributed by atoms with E-state index >= 15 is 0 Å². The van der Waals surface area contributed by atoms with Gasteiger partial charge < -0.3 is 30.0 Å². The normalized spacial score (nSPS) is 10.6. The zero-order valence-electron chi connectivity index (χ0n) is 18.1. The second-order valence-corrected chi connectivity index (χ2v) is 6.56. The Balaban J connectivity index is 1.67. The molecule has 0 saturated carbocycles. The van der Waals surface area contributed by atoms with Gasteiger partial charge in [0.05, 0.1) is 38.8 Å². The molecule has 2 heterocycles. The van der Waals surface area contributed by atoms with Crippen molar-refractivity contribution in [3.8, 4) is 17.2 Å². The van der Waals surface area contributed by atoms with E-state index in [-0.39, 0.29) is 47.6 Å². The Labute approximate surface area is 187 Å². The lowest BCUT2D eigenvalue weighted by molar-refractivity contribution is 0.0935. The first-order valence-corrected chi connectivity index (χ1v) is 9.61. The van der Waals surface area contributed by atoms with Gasteiger partial charge in [-0.25, -0.2) is 18.7 Å². The molecule has 176 valence electrons. The fraction of sp³-hybridized carbons (Fsp3) is 0.300. The molecule has 0 bridgehead atoms. The molecular formula is C20H22F2N6O5. The quantitative estimate of drug-likeness (QED) is 0.409. The molecule has 0 spiro atoms. The summed E-state index contributed by atoms with van der Waals surface area (Å²) in [6.45, 7) is -0.511. The van der Waals surface area contributed by atoms with Crippen LogP contribution < -0.4 is 24.8 Å². The van der Waals surface area contributed by atoms with E-state index in [9.17, 15) is 13.6 Å². The predicted octanol–water partition coefficient (Wildman–Crippen LogP) is 1.55. The number of aliphatic hydroxyl groups is 1. The number of hydrogen-bond donors (Lipinski definition) is 3. The molecule has 0 fully saturated rings. The van der Waals surface area contributed by atoms with Gasteiger partial charge >= 0.3 is 0 Å². The average Bonchev–Trinajstić information content (AvgIpc) is 3.18. The van der Waals surface area contributed by atoms with Crippen LogP contribution in [0.4, 0.5) is 20.5 Å². The minimum Gasteiger partial charge on any atom is -0.494 e. The highest BCUT2D eigenvalue weighted by molar-refractivity contribution is 5.93. The Morgan fingerprint density at radius 1 is 1.12 bits per heavy atom. The number of halogens is 2. The van der Waals surface area contributed by atoms with Crippen LogP contribution in [0.3, 0.4) is 0 Å². The minimum absolute atomic E-state index is 0.119. The first-order chi connectivity index (χ1) is 15.9. The van der Waals surface area contributed by atoms with Crippen LogP contribution in [0, 0.1) is 11.6 Å². The van der Waals surface area contributed by atoms with E-state index in [0.717, 1.165) is 6.07 Å². The summed E-state index contributed by atoms with van der Waals surface area (Å²) >= 11 is 0. The number of nitrogens with one attached hydrogen (secondary N) is 2. The summed E-state index contributed by atoms with van der Waals surface area (Å²) in [6.07, 6.45) is 2.61. The molecule has 0 radical (unpaired) electrons. The van der Waals surface area contributed by atoms with E-state index in [0.29, 0.717) is 5.82 Å². The maximum atomic E-state index is 14.4. The van der Waals surface area contributed by atoms with Crippen molar-refractivity contribution in [1.29, 1.82) is 0 Å². The summed E-state index contributed by atoms with van der Waals surface area (Å²) in [6, 6.07) is 2.60. The maximum absolute atomic E-state index is 14.4. The SMILES string of the molecule is COc1cc(OC)c(F)c(COc2cnc(Nc3cc(C(=O)NCCO)n(C)n3)nc2)c1F. The first-order valence-electron chi connectivity index (χ1n) is 9.61. The number of aliphatic hydroxyl groups excluding tert-OH is 1. The number of hydrogen-bond acceptors (Lipinski definition) is 9. The second-order valence-electron chi connectivity index (χ2n) is 6.56. The number of carbonyl (C=O) groups is 1. The highest BCUT2D eigenvalue weighted by Crippen LogP contribution is 2.32. The average molecular weight is 464 g/mol. The van der Waals surface area contributed by atoms with Gasteiger partial charge in [-0.1, -0.05) is 0 Å². The fourth-order valence-electron chi connectivity index (χ4n) is 2.79. The zero-order chi connectivity index (χ0) is 24.0. The van der Waals surface area contributed by atoms with Crippen molar-refractivity contribution in [2.45, 2.75) is 6.61 Å². The molecule has 0 aliphatic carbocycles. The lowest BCUT2D eigenvalue weighted by atomic mass is 10.1. The molecule has 3 aromatic rings. The molecule has 11 nitrogen and oxygen atoms in total. The Bertz CT molecular complexity index is 1090. The number of amides is 1. The molecule has 0 saturated heterocycles. The van der Waals surface area contributed by atoms with Gasteiger partial charge in [0.15, 0.2) is 34.7 Å². The third-order valence-corrected chi connectivity index (χ3v) is 4.43. The molecule has 2 aromatic heterocycles. The molecule has 0 aliphatic rings. The number of nitrogens with zero attached hydrogens (tertiary/aromatic N) is 4. The molecule has 0 unspecified atom stereocenters. The van der Waals surface area contributed by atoms with Gasteiger partial charge in [0.25, 0.3) is 5.91 Å². The Kier molecular flexibility index (Phi) is 7.56. The van der Waals surface area contributed by atoms with Crippen LogP contribution in [0.25, 0.3) is 0 Å². The van der Waals surface area contributed by atoms with Crippen LogP contribution in [0.5, 0.6) is 17.2 Å². The van der Waals surface area contributed by atoms with Crippen LogP contribution in [-0.2, 0) is 13.7 Å². The standard InChI is InChI=1S/C20H22F2N6O5/c1-28-13(19(30)23-4-5-29)6-16(27-28)26-20-24-8-11(9-25-20)33-10-12-17(21)14(31-2)7-15(32-3)18(12)22/h6-9,29H,4-5,10H2,1-3H3,(H,23,30)(H,24,25,26,27). The van der Waals surface area contributed by atoms with Crippen LogP contribution >= 0.6 is 0 Å². The molecule has 0 aliphatic heterocycles. The number of anilines is 2. The highest BCUT2D eigenvalue weighted by atomic mass is 19.1. The van der Waals surface area contributed by atoms with Gasteiger partial charge in [0.2, 0.25) is 5.95 Å². The van der Waals surface area contributed by atoms with Crippen LogP contribution in [0.1, 0.15) is 16.1 Å². The van der Waals surface area contributed by atoms with Gasteiger partial charge in [-0.05, 0) is 0 Å². The van der Waals surface area contributed by atoms with Gasteiger partial charge in [-0.15, -0.1) is 0 Å². The number of ether oxygens (including phenoxy) is 3. The fourth-order valence-corrected chi connectivity index (χ4v) is 2.79. The number of carbonyl (C=O) groups excluding carboxylic acids is 1. The minimum atomic E-state index is -0.899. The van der Waals surface area contributed by atoms with Crippen molar-refractivity contribution in [3.63, 3.8) is 0 Å². The second kappa shape index (κ2) is 10.5. The van der Waals surface area contributed by atoms with E-state index in [1.54, 1.807) is 7.05 Å². The van der Waals surface area contributed by atoms with E-state index in [4.69, 9.17) is 19.3 Å². The third kappa shape index (κ3) is 5.44. The predicted molar refractivity (Wildman–Crippen MR) is 112 cm³/mol. The van der Waals surface area contributed by atoms with Gasteiger partial charge in [-0.2, -0.15) is 5.10 Å². The molecule has 1 aromatic carbocycles. The van der Waals surface area contributed by atoms with Gasteiger partial charge in [0, 0.05) is 25.7 Å². The van der Waals surface area contributed by atoms with Crippen LogP contribution in [0.15, 0.2) is 24.5 Å². The van der Waals surface area contributed by atoms with Crippen molar-refractivity contribution in [2.24, 2.45) is 7.05 Å². The topological polar surface area (TPSA) is 133 Å². The van der Waals surface area contributed by atoms with E-state index in [1.165, 1.54) is 37.4 Å². The number of methoxy groups -OCH3 is 2. The number of benzene rings is 1. The molecular weight excluding hydrogens is 442 g/mol. The summed E-state index contributed by atoms with van der Waals surface area (Å²) in [7, 11) is 4.10. The lowest BCUT2D eigenvalue weighted by Crippen LogP contribution is -2.28. The van der Waals surface area contributed by atoms with Gasteiger partial charge in [0.1, 0.15) is 12.3 Å². The van der Waals surface area contributed by atoms with E-state index < -0.39 is 24.1 Å². The summed E-state index contributed by atoms with van der Waals surface area (Å²) < 4.78 is 45.4. The number of aromatic nitrogens is 4. The van der Waals surface area contributed by atoms with Crippen molar-refractivity contribution in [2.75, 3.05) is 32.7 Å². The monoisotopic (exact) mass is 464 g/mol. The smallest absolute Gasteiger partial charge is 0.269 e. The molecule has 1 amide bonds. The lowest BCUT2D eigenvalue weighted by Gasteiger charge is -2.13. The summed E-state index contributed by atoms with van der Waals surface area (Å²) in [4.78, 5) is 20.2. The van der Waals surface area contributed by atoms with Crippen molar-refractivity contribution in [1.82, 2.24) is 25.1 Å². The van der Waals surface area contributed by atoms with E-state index in [1.807, 2.05) is 0 Å². The molecule has 3 N–H and O–H groups in total. The molecule has 3 rings (SSSR count). The number of rotatable bonds is 10. The molecule has 13 heteroatoms. The van der Waals surface area contributed by atoms with Crippen molar-refractivity contribution < 1.29 is 32.9 Å². The zero-order valence-corrected chi connectivity index (χ0v) is 18.1. The summed E-state index contributed by atoms with van der Waals surface area (Å²) in [5.41, 5.74) is -0.0995. The largest absolute Gasteiger partial charge is 0.494 e. The van der Waals surface area contributed by atoms with Crippen LogP contribution in [0.2, 0.25) is 0 Å². The van der Waals surface area contributed by atoms with Gasteiger partial charge in [-0.3, -0.25) is 9.48 Å². The maximum Gasteiger partial charge on any atom is 0.269 e. The number of aryl methyl sites for hydroxylation is 1. The first kappa shape index (κ1) is 23.7. The molecule has 33 heavy (non-hydrogen) atoms. The highest BCUT2D eigenvalue weighted by Gasteiger charge is 2.20. The van der Waals surface area contributed by atoms with Crippen LogP contribution in [-0.4, -0.2) is 58.1 Å². The Morgan fingerprint density at radius 2 is 1.76 bits per heavy atom. The summed E-state index contributed by atoms with van der Waals surface area (Å²) in [5.74, 6) is -1.93. The summed E-state index contributed by atoms with van der Waals surface area (Å²) in [5, 5.41) is 18.3. The van der Waals surface area contributed by atoms with E-state index in [2.05, 4.69) is 25.7 Å². The Hall–Kier alpha value is -4.00. The van der Waals surface area contributed by atoms with Crippen molar-refractivity contribution in [3.05, 3.63) is 47.4 Å². The third-order valence-electron chi connectivity index (χ3n) is 4.43. The Morgan fingerprint density at radius 3 is 2.33 bits per heavy atom.